The third kappa shape index (κ3) is 8.55. The molecule has 43 heavy (non-hydrogen) atoms. The Morgan fingerprint density at radius 1 is 0.977 bits per heavy atom. The van der Waals surface area contributed by atoms with Crippen molar-refractivity contribution < 1.29 is 13.6 Å². The van der Waals surface area contributed by atoms with Crippen molar-refractivity contribution in [3.63, 3.8) is 0 Å². The van der Waals surface area contributed by atoms with Crippen LogP contribution in [0.1, 0.15) is 89.6 Å². The van der Waals surface area contributed by atoms with Crippen LogP contribution in [0.15, 0.2) is 54.7 Å². The van der Waals surface area contributed by atoms with E-state index in [1.54, 1.807) is 0 Å². The molecule has 0 amide bonds. The van der Waals surface area contributed by atoms with E-state index in [0.717, 1.165) is 34.7 Å². The third-order valence-corrected chi connectivity index (χ3v) is 13.9. The molecule has 6 heteroatoms. The summed E-state index contributed by atoms with van der Waals surface area (Å²) < 4.78 is 28.1. The highest BCUT2D eigenvalue weighted by Gasteiger charge is 2.40. The van der Waals surface area contributed by atoms with Gasteiger partial charge >= 0.3 is 0 Å². The highest BCUT2D eigenvalue weighted by Crippen LogP contribution is 2.45. The molecule has 0 aliphatic heterocycles. The van der Waals surface area contributed by atoms with Gasteiger partial charge in [0.15, 0.2) is 8.32 Å². The van der Waals surface area contributed by atoms with Crippen molar-refractivity contribution in [3.05, 3.63) is 82.9 Å². The van der Waals surface area contributed by atoms with E-state index < -0.39 is 8.32 Å². The molecule has 0 saturated heterocycles. The van der Waals surface area contributed by atoms with E-state index in [1.807, 2.05) is 25.1 Å². The van der Waals surface area contributed by atoms with Crippen molar-refractivity contribution >= 4 is 8.32 Å². The van der Waals surface area contributed by atoms with Crippen LogP contribution in [0.3, 0.4) is 0 Å². The van der Waals surface area contributed by atoms with Crippen LogP contribution >= 0.6 is 0 Å². The molecule has 1 aliphatic rings. The molecule has 1 saturated carbocycles. The smallest absolute Gasteiger partial charge is 0.192 e. The maximum absolute atomic E-state index is 15.0. The largest absolute Gasteiger partial charge is 0.489 e. The molecule has 1 unspecified atom stereocenters. The normalized spacial score (nSPS) is 15.0. The zero-order valence-electron chi connectivity index (χ0n) is 28.1. The van der Waals surface area contributed by atoms with Gasteiger partial charge in [-0.25, -0.2) is 4.39 Å². The summed E-state index contributed by atoms with van der Waals surface area (Å²) in [6.07, 6.45) is 3.88. The van der Waals surface area contributed by atoms with Crippen molar-refractivity contribution in [1.29, 1.82) is 0 Å². The Morgan fingerprint density at radius 2 is 1.67 bits per heavy atom. The minimum atomic E-state index is -1.81. The Bertz CT molecular complexity index is 1370. The molecule has 0 spiro atoms. The predicted molar refractivity (Wildman–Crippen MR) is 180 cm³/mol. The summed E-state index contributed by atoms with van der Waals surface area (Å²) in [6, 6.07) is 17.5. The van der Waals surface area contributed by atoms with Crippen LogP contribution in [0.4, 0.5) is 4.39 Å². The van der Waals surface area contributed by atoms with Crippen molar-refractivity contribution in [1.82, 2.24) is 9.88 Å². The summed E-state index contributed by atoms with van der Waals surface area (Å²) in [5, 5.41) is 0.203. The molecule has 3 aromatic rings. The maximum atomic E-state index is 15.0. The molecule has 0 N–H and O–H groups in total. The highest BCUT2D eigenvalue weighted by molar-refractivity contribution is 6.74. The first-order valence-electron chi connectivity index (χ1n) is 16.0. The number of pyridine rings is 1. The minimum absolute atomic E-state index is 0.203. The van der Waals surface area contributed by atoms with Gasteiger partial charge in [-0.15, -0.1) is 0 Å². The van der Waals surface area contributed by atoms with E-state index in [1.165, 1.54) is 24.6 Å². The molecule has 0 bridgehead atoms. The number of nitrogens with zero attached hydrogens (tertiary/aromatic N) is 2. The molecule has 4 nitrogen and oxygen atoms in total. The molecular weight excluding hydrogens is 552 g/mol. The Morgan fingerprint density at radius 3 is 2.30 bits per heavy atom. The van der Waals surface area contributed by atoms with E-state index in [9.17, 15) is 4.39 Å². The molecule has 1 heterocycles. The second kappa shape index (κ2) is 13.6. The SMILES string of the molecule is Cc1cc(-c2ccc(OCc3cccc(C(CO[Si](C)(C)C(C)(C)C)C4CC4)c3)cc2CN(C(C)C)C(C)C)c(F)cn1. The van der Waals surface area contributed by atoms with Crippen molar-refractivity contribution in [2.75, 3.05) is 6.61 Å². The number of halogens is 1. The van der Waals surface area contributed by atoms with Gasteiger partial charge in [-0.3, -0.25) is 9.88 Å². The first kappa shape index (κ1) is 33.4. The Kier molecular flexibility index (Phi) is 10.6. The zero-order valence-corrected chi connectivity index (χ0v) is 29.1. The Hall–Kier alpha value is -2.54. The molecule has 0 radical (unpaired) electrons. The summed E-state index contributed by atoms with van der Waals surface area (Å²) in [5.74, 6) is 1.62. The van der Waals surface area contributed by atoms with Crippen LogP contribution in [-0.4, -0.2) is 36.9 Å². The minimum Gasteiger partial charge on any atom is -0.489 e. The number of aryl methyl sites for hydroxylation is 1. The number of aromatic nitrogens is 1. The average Bonchev–Trinajstić information content (AvgIpc) is 3.77. The van der Waals surface area contributed by atoms with Gasteiger partial charge in [0.25, 0.3) is 0 Å². The maximum Gasteiger partial charge on any atom is 0.192 e. The monoisotopic (exact) mass is 604 g/mol. The molecule has 2 aromatic carbocycles. The number of benzene rings is 2. The number of rotatable bonds is 13. The van der Waals surface area contributed by atoms with E-state index in [0.29, 0.717) is 42.6 Å². The van der Waals surface area contributed by atoms with E-state index in [2.05, 4.69) is 102 Å². The van der Waals surface area contributed by atoms with E-state index in [-0.39, 0.29) is 10.9 Å². The van der Waals surface area contributed by atoms with Crippen molar-refractivity contribution in [2.24, 2.45) is 5.92 Å². The lowest BCUT2D eigenvalue weighted by molar-refractivity contribution is 0.166. The van der Waals surface area contributed by atoms with Gasteiger partial charge in [-0.05, 0) is 112 Å². The molecular formula is C37H53FN2O2Si. The van der Waals surface area contributed by atoms with E-state index in [4.69, 9.17) is 9.16 Å². The summed E-state index contributed by atoms with van der Waals surface area (Å²) in [5.41, 5.74) is 5.83. The van der Waals surface area contributed by atoms with Crippen LogP contribution in [0.25, 0.3) is 11.1 Å². The molecule has 1 aliphatic carbocycles. The van der Waals surface area contributed by atoms with Crippen molar-refractivity contribution in [3.8, 4) is 16.9 Å². The molecule has 1 atom stereocenters. The van der Waals surface area contributed by atoms with E-state index >= 15 is 0 Å². The second-order valence-corrected chi connectivity index (χ2v) is 19.3. The van der Waals surface area contributed by atoms with Crippen LogP contribution in [-0.2, 0) is 17.6 Å². The summed E-state index contributed by atoms with van der Waals surface area (Å²) in [4.78, 5) is 6.56. The zero-order chi connectivity index (χ0) is 31.5. The van der Waals surface area contributed by atoms with Crippen LogP contribution in [0.2, 0.25) is 18.1 Å². The lowest BCUT2D eigenvalue weighted by atomic mass is 9.94. The summed E-state index contributed by atoms with van der Waals surface area (Å²) in [7, 11) is -1.81. The fourth-order valence-corrected chi connectivity index (χ4v) is 6.59. The lowest BCUT2D eigenvalue weighted by Crippen LogP contribution is -2.41. The van der Waals surface area contributed by atoms with Crippen LogP contribution < -0.4 is 4.74 Å². The molecule has 4 rings (SSSR count). The Balaban J connectivity index is 1.56. The average molecular weight is 605 g/mol. The summed E-state index contributed by atoms with van der Waals surface area (Å²) in [6.45, 7) is 24.3. The number of ether oxygens (including phenoxy) is 1. The highest BCUT2D eigenvalue weighted by atomic mass is 28.4. The number of hydrogen-bond acceptors (Lipinski definition) is 4. The van der Waals surface area contributed by atoms with Gasteiger partial charge in [0.05, 0.1) is 6.20 Å². The van der Waals surface area contributed by atoms with Gasteiger partial charge in [-0.2, -0.15) is 0 Å². The topological polar surface area (TPSA) is 34.6 Å². The quantitative estimate of drug-likeness (QED) is 0.182. The lowest BCUT2D eigenvalue weighted by Gasteiger charge is -2.37. The number of hydrogen-bond donors (Lipinski definition) is 0. The molecule has 234 valence electrons. The summed E-state index contributed by atoms with van der Waals surface area (Å²) >= 11 is 0. The fourth-order valence-electron chi connectivity index (χ4n) is 5.56. The third-order valence-electron chi connectivity index (χ3n) is 9.44. The fraction of sp³-hybridized carbons (Fsp3) is 0.541. The first-order chi connectivity index (χ1) is 20.2. The van der Waals surface area contributed by atoms with Gasteiger partial charge in [-0.1, -0.05) is 51.1 Å². The van der Waals surface area contributed by atoms with Gasteiger partial charge in [0.1, 0.15) is 18.2 Å². The molecule has 1 fully saturated rings. The standard InChI is InChI=1S/C37H53FN2O2Si/c1-25(2)40(26(3)4)22-31-20-32(16-17-33(31)34-18-27(5)39-21-36(34)38)41-23-28-12-11-13-30(19-28)35(29-14-15-29)24-42-43(9,10)37(6,7)8/h11-13,16-21,25-26,29,35H,14-15,22-24H2,1-10H3. The van der Waals surface area contributed by atoms with Gasteiger partial charge in [0.2, 0.25) is 0 Å². The molecule has 1 aromatic heterocycles. The second-order valence-electron chi connectivity index (χ2n) is 14.5. The van der Waals surface area contributed by atoms with Crippen LogP contribution in [0, 0.1) is 18.7 Å². The van der Waals surface area contributed by atoms with Gasteiger partial charge in [0, 0.05) is 42.4 Å². The van der Waals surface area contributed by atoms with Gasteiger partial charge < -0.3 is 9.16 Å². The Labute approximate surface area is 261 Å². The first-order valence-corrected chi connectivity index (χ1v) is 18.9. The predicted octanol–water partition coefficient (Wildman–Crippen LogP) is 9.91. The van der Waals surface area contributed by atoms with Crippen LogP contribution in [0.5, 0.6) is 5.75 Å². The van der Waals surface area contributed by atoms with Crippen molar-refractivity contribution in [2.45, 2.75) is 118 Å².